The molecule has 2 aromatic rings. The summed E-state index contributed by atoms with van der Waals surface area (Å²) in [6, 6.07) is 8.05. The molecule has 0 bridgehead atoms. The number of nitrogens with two attached hydrogens (primary N) is 1. The number of nitrogens with zero attached hydrogens (tertiary/aromatic N) is 2. The first-order chi connectivity index (χ1) is 9.78. The van der Waals surface area contributed by atoms with Gasteiger partial charge >= 0.3 is 0 Å². The molecule has 1 aromatic heterocycles. The van der Waals surface area contributed by atoms with Crippen LogP contribution in [-0.4, -0.2) is 18.4 Å². The molecule has 2 rings (SSSR count). The van der Waals surface area contributed by atoms with Gasteiger partial charge in [-0.1, -0.05) is 12.1 Å². The van der Waals surface area contributed by atoms with Gasteiger partial charge in [-0.05, 0) is 44.5 Å². The van der Waals surface area contributed by atoms with Crippen molar-refractivity contribution in [3.8, 4) is 0 Å². The number of hydrogen-bond donors (Lipinski definition) is 2. The summed E-state index contributed by atoms with van der Waals surface area (Å²) < 4.78 is 27.1. The second-order valence-electron chi connectivity index (χ2n) is 4.94. The van der Waals surface area contributed by atoms with E-state index in [0.717, 1.165) is 5.56 Å². The molecule has 0 saturated heterocycles. The number of rotatable bonds is 4. The molecule has 0 fully saturated rings. The van der Waals surface area contributed by atoms with Crippen molar-refractivity contribution in [2.75, 3.05) is 4.72 Å². The Morgan fingerprint density at radius 1 is 1.14 bits per heavy atom. The summed E-state index contributed by atoms with van der Waals surface area (Å²) in [5, 5.41) is 0. The van der Waals surface area contributed by atoms with Crippen molar-refractivity contribution < 1.29 is 8.42 Å². The standard InChI is InChI=1S/C14H18N4O2S/c1-9-7-10(2)17-14(16-9)18-21(19,20)13-6-4-5-12(8-13)11(3)15/h4-8,11H,15H2,1-3H3,(H,16,17,18). The molecule has 0 radical (unpaired) electrons. The first-order valence-electron chi connectivity index (χ1n) is 6.48. The minimum absolute atomic E-state index is 0.0682. The van der Waals surface area contributed by atoms with Crippen molar-refractivity contribution in [3.05, 3.63) is 47.3 Å². The third kappa shape index (κ3) is 3.77. The van der Waals surface area contributed by atoms with Crippen molar-refractivity contribution in [1.29, 1.82) is 0 Å². The Bertz CT molecular complexity index is 737. The van der Waals surface area contributed by atoms with Crippen molar-refractivity contribution in [3.63, 3.8) is 0 Å². The van der Waals surface area contributed by atoms with Gasteiger partial charge in [0, 0.05) is 17.4 Å². The lowest BCUT2D eigenvalue weighted by Gasteiger charge is -2.10. The molecule has 112 valence electrons. The molecule has 3 N–H and O–H groups in total. The lowest BCUT2D eigenvalue weighted by atomic mass is 10.1. The monoisotopic (exact) mass is 306 g/mol. The number of aryl methyl sites for hydroxylation is 2. The Hall–Kier alpha value is -1.99. The molecule has 1 unspecified atom stereocenters. The Labute approximate surface area is 124 Å². The van der Waals surface area contributed by atoms with Gasteiger partial charge in [0.25, 0.3) is 10.0 Å². The molecule has 0 aliphatic rings. The van der Waals surface area contributed by atoms with Crippen LogP contribution in [0.25, 0.3) is 0 Å². The number of sulfonamides is 1. The van der Waals surface area contributed by atoms with E-state index in [-0.39, 0.29) is 16.9 Å². The SMILES string of the molecule is Cc1cc(C)nc(NS(=O)(=O)c2cccc(C(C)N)c2)n1. The topological polar surface area (TPSA) is 98.0 Å². The Kier molecular flexibility index (Phi) is 4.24. The summed E-state index contributed by atoms with van der Waals surface area (Å²) in [4.78, 5) is 8.29. The second-order valence-corrected chi connectivity index (χ2v) is 6.62. The Balaban J connectivity index is 2.36. The maximum absolute atomic E-state index is 12.4. The maximum atomic E-state index is 12.4. The van der Waals surface area contributed by atoms with E-state index in [1.165, 1.54) is 6.07 Å². The summed E-state index contributed by atoms with van der Waals surface area (Å²) in [6.45, 7) is 5.36. The fourth-order valence-electron chi connectivity index (χ4n) is 1.92. The quantitative estimate of drug-likeness (QED) is 0.899. The van der Waals surface area contributed by atoms with Crippen LogP contribution in [0.5, 0.6) is 0 Å². The first kappa shape index (κ1) is 15.4. The number of nitrogens with one attached hydrogen (secondary N) is 1. The fourth-order valence-corrected chi connectivity index (χ4v) is 2.91. The minimum Gasteiger partial charge on any atom is -0.324 e. The molecule has 0 spiro atoms. The highest BCUT2D eigenvalue weighted by Gasteiger charge is 2.17. The minimum atomic E-state index is -3.73. The largest absolute Gasteiger partial charge is 0.324 e. The van der Waals surface area contributed by atoms with Crippen LogP contribution < -0.4 is 10.5 Å². The molecule has 6 nitrogen and oxygen atoms in total. The van der Waals surface area contributed by atoms with E-state index in [9.17, 15) is 8.42 Å². The van der Waals surface area contributed by atoms with E-state index in [1.54, 1.807) is 45.0 Å². The van der Waals surface area contributed by atoms with Gasteiger partial charge < -0.3 is 5.73 Å². The van der Waals surface area contributed by atoms with Gasteiger partial charge in [-0.2, -0.15) is 0 Å². The van der Waals surface area contributed by atoms with Crippen LogP contribution >= 0.6 is 0 Å². The third-order valence-electron chi connectivity index (χ3n) is 2.90. The average Bonchev–Trinajstić information content (AvgIpc) is 2.37. The molecule has 1 atom stereocenters. The van der Waals surface area contributed by atoms with Crippen molar-refractivity contribution >= 4 is 16.0 Å². The van der Waals surface area contributed by atoms with Gasteiger partial charge in [0.05, 0.1) is 4.90 Å². The van der Waals surface area contributed by atoms with E-state index in [4.69, 9.17) is 5.73 Å². The highest BCUT2D eigenvalue weighted by molar-refractivity contribution is 7.92. The van der Waals surface area contributed by atoms with Crippen LogP contribution in [0.2, 0.25) is 0 Å². The van der Waals surface area contributed by atoms with Gasteiger partial charge in [-0.25, -0.2) is 23.1 Å². The highest BCUT2D eigenvalue weighted by atomic mass is 32.2. The number of benzene rings is 1. The van der Waals surface area contributed by atoms with Crippen LogP contribution in [0.4, 0.5) is 5.95 Å². The van der Waals surface area contributed by atoms with Gasteiger partial charge in [-0.15, -0.1) is 0 Å². The molecule has 7 heteroatoms. The van der Waals surface area contributed by atoms with Crippen LogP contribution in [0.3, 0.4) is 0 Å². The fraction of sp³-hybridized carbons (Fsp3) is 0.286. The molecular weight excluding hydrogens is 288 g/mol. The summed E-state index contributed by atoms with van der Waals surface area (Å²) >= 11 is 0. The zero-order valence-corrected chi connectivity index (χ0v) is 13.0. The number of anilines is 1. The molecule has 1 heterocycles. The van der Waals surface area contributed by atoms with E-state index >= 15 is 0 Å². The smallest absolute Gasteiger partial charge is 0.264 e. The molecule has 0 aliphatic carbocycles. The van der Waals surface area contributed by atoms with Crippen LogP contribution in [0.15, 0.2) is 35.2 Å². The molecule has 0 aliphatic heterocycles. The van der Waals surface area contributed by atoms with E-state index in [1.807, 2.05) is 0 Å². The van der Waals surface area contributed by atoms with Crippen LogP contribution in [0.1, 0.15) is 29.9 Å². The average molecular weight is 306 g/mol. The van der Waals surface area contributed by atoms with Crippen LogP contribution in [0, 0.1) is 13.8 Å². The van der Waals surface area contributed by atoms with Crippen molar-refractivity contribution in [1.82, 2.24) is 9.97 Å². The highest BCUT2D eigenvalue weighted by Crippen LogP contribution is 2.18. The number of aromatic nitrogens is 2. The van der Waals surface area contributed by atoms with Gasteiger partial charge in [0.2, 0.25) is 5.95 Å². The first-order valence-corrected chi connectivity index (χ1v) is 7.97. The van der Waals surface area contributed by atoms with Crippen molar-refractivity contribution in [2.24, 2.45) is 5.73 Å². The predicted octanol–water partition coefficient (Wildman–Crippen LogP) is 1.91. The normalized spacial score (nSPS) is 13.0. The lowest BCUT2D eigenvalue weighted by molar-refractivity contribution is 0.600. The lowest BCUT2D eigenvalue weighted by Crippen LogP contribution is -2.16. The van der Waals surface area contributed by atoms with Crippen LogP contribution in [-0.2, 0) is 10.0 Å². The van der Waals surface area contributed by atoms with E-state index in [0.29, 0.717) is 11.4 Å². The van der Waals surface area contributed by atoms with Gasteiger partial charge in [0.15, 0.2) is 0 Å². The summed E-state index contributed by atoms with van der Waals surface area (Å²) in [6.07, 6.45) is 0. The van der Waals surface area contributed by atoms with E-state index < -0.39 is 10.0 Å². The summed E-state index contributed by atoms with van der Waals surface area (Å²) in [5.41, 5.74) is 7.92. The maximum Gasteiger partial charge on any atom is 0.264 e. The van der Waals surface area contributed by atoms with E-state index in [2.05, 4.69) is 14.7 Å². The molecule has 1 aromatic carbocycles. The molecule has 0 saturated carbocycles. The zero-order chi connectivity index (χ0) is 15.6. The Morgan fingerprint density at radius 2 is 1.76 bits per heavy atom. The van der Waals surface area contributed by atoms with Gasteiger partial charge in [-0.3, -0.25) is 0 Å². The zero-order valence-electron chi connectivity index (χ0n) is 12.2. The molecular formula is C14H18N4O2S. The molecule has 0 amide bonds. The summed E-state index contributed by atoms with van der Waals surface area (Å²) in [7, 11) is -3.73. The summed E-state index contributed by atoms with van der Waals surface area (Å²) in [5.74, 6) is 0.0682. The molecule has 21 heavy (non-hydrogen) atoms. The number of hydrogen-bond acceptors (Lipinski definition) is 5. The Morgan fingerprint density at radius 3 is 2.33 bits per heavy atom. The van der Waals surface area contributed by atoms with Crippen molar-refractivity contribution in [2.45, 2.75) is 31.7 Å². The third-order valence-corrected chi connectivity index (χ3v) is 4.23. The predicted molar refractivity (Wildman–Crippen MR) is 81.4 cm³/mol. The second kappa shape index (κ2) is 5.79. The van der Waals surface area contributed by atoms with Gasteiger partial charge in [0.1, 0.15) is 0 Å².